The lowest BCUT2D eigenvalue weighted by Crippen LogP contribution is -2.22. The van der Waals surface area contributed by atoms with Crippen molar-refractivity contribution in [2.45, 2.75) is 27.7 Å². The molecule has 0 fully saturated rings. The number of Topliss-reactive ketones (excluding diaryl/α,β-unsaturated/α-hetero) is 2. The molecule has 8 nitrogen and oxygen atoms in total. The van der Waals surface area contributed by atoms with Crippen molar-refractivity contribution < 1.29 is 9.59 Å². The number of carbonyl (C=O) groups is 2. The lowest BCUT2D eigenvalue weighted by molar-refractivity contribution is -0.111. The Morgan fingerprint density at radius 1 is 0.625 bits per heavy atom. The van der Waals surface area contributed by atoms with Gasteiger partial charge in [-0.05, 0) is 38.1 Å². The minimum Gasteiger partial charge on any atom is -0.293 e. The second-order valence-electron chi connectivity index (χ2n) is 6.92. The SMILES string of the molecule is CC(=O)/C(=N/Nc1ccccc1)C(C)=NCCN=C(C)/C(=N\Nc1ccccc1)C(C)=O. The molecule has 0 aliphatic rings. The molecule has 2 aromatic carbocycles. The van der Waals surface area contributed by atoms with Crippen LogP contribution < -0.4 is 10.9 Å². The van der Waals surface area contributed by atoms with E-state index in [0.29, 0.717) is 24.5 Å². The molecular weight excluding hydrogens is 404 g/mol. The summed E-state index contributed by atoms with van der Waals surface area (Å²) in [7, 11) is 0. The Morgan fingerprint density at radius 2 is 0.969 bits per heavy atom. The molecule has 0 unspecified atom stereocenters. The van der Waals surface area contributed by atoms with Gasteiger partial charge in [0, 0.05) is 13.8 Å². The van der Waals surface area contributed by atoms with Crippen LogP contribution in [-0.2, 0) is 9.59 Å². The molecule has 0 atom stereocenters. The predicted molar refractivity (Wildman–Crippen MR) is 132 cm³/mol. The Balaban J connectivity index is 2.01. The molecule has 0 saturated carbocycles. The van der Waals surface area contributed by atoms with Gasteiger partial charge in [0.15, 0.2) is 11.6 Å². The number of carbonyl (C=O) groups excluding carboxylic acids is 2. The Kier molecular flexibility index (Phi) is 9.65. The van der Waals surface area contributed by atoms with E-state index >= 15 is 0 Å². The lowest BCUT2D eigenvalue weighted by Gasteiger charge is -2.06. The van der Waals surface area contributed by atoms with Crippen molar-refractivity contribution in [3.63, 3.8) is 0 Å². The van der Waals surface area contributed by atoms with Crippen molar-refractivity contribution in [1.82, 2.24) is 0 Å². The van der Waals surface area contributed by atoms with Crippen LogP contribution in [0.5, 0.6) is 0 Å². The number of benzene rings is 2. The van der Waals surface area contributed by atoms with Gasteiger partial charge >= 0.3 is 0 Å². The summed E-state index contributed by atoms with van der Waals surface area (Å²) in [6.45, 7) is 7.05. The maximum Gasteiger partial charge on any atom is 0.181 e. The van der Waals surface area contributed by atoms with Crippen molar-refractivity contribution in [3.05, 3.63) is 60.7 Å². The van der Waals surface area contributed by atoms with E-state index in [1.807, 2.05) is 60.7 Å². The third-order valence-electron chi connectivity index (χ3n) is 4.29. The van der Waals surface area contributed by atoms with Gasteiger partial charge in [0.2, 0.25) is 0 Å². The maximum atomic E-state index is 12.0. The van der Waals surface area contributed by atoms with Crippen LogP contribution in [0.2, 0.25) is 0 Å². The number of hydrogen-bond donors (Lipinski definition) is 2. The number of hydrazone groups is 2. The minimum absolute atomic E-state index is 0.188. The van der Waals surface area contributed by atoms with E-state index in [1.54, 1.807) is 13.8 Å². The van der Waals surface area contributed by atoms with Crippen LogP contribution in [0.15, 0.2) is 80.9 Å². The molecular formula is C24H28N6O2. The fourth-order valence-electron chi connectivity index (χ4n) is 2.68. The largest absolute Gasteiger partial charge is 0.293 e. The van der Waals surface area contributed by atoms with Crippen LogP contribution in [0.3, 0.4) is 0 Å². The summed E-state index contributed by atoms with van der Waals surface area (Å²) in [6, 6.07) is 18.7. The topological polar surface area (TPSA) is 108 Å². The van der Waals surface area contributed by atoms with Gasteiger partial charge < -0.3 is 0 Å². The van der Waals surface area contributed by atoms with Crippen LogP contribution in [0.1, 0.15) is 27.7 Å². The van der Waals surface area contributed by atoms with Crippen LogP contribution >= 0.6 is 0 Å². The number of nitrogens with one attached hydrogen (secondary N) is 2. The first-order chi connectivity index (χ1) is 15.4. The Morgan fingerprint density at radius 3 is 1.28 bits per heavy atom. The monoisotopic (exact) mass is 432 g/mol. The smallest absolute Gasteiger partial charge is 0.181 e. The molecule has 2 N–H and O–H groups in total. The molecule has 0 aromatic heterocycles. The normalized spacial score (nSPS) is 13.0. The van der Waals surface area contributed by atoms with Crippen molar-refractivity contribution in [3.8, 4) is 0 Å². The second-order valence-corrected chi connectivity index (χ2v) is 6.92. The van der Waals surface area contributed by atoms with Gasteiger partial charge in [-0.3, -0.25) is 30.4 Å². The summed E-state index contributed by atoms with van der Waals surface area (Å²) in [5.41, 5.74) is 8.83. The molecule has 166 valence electrons. The molecule has 2 aromatic rings. The van der Waals surface area contributed by atoms with Crippen LogP contribution in [-0.4, -0.2) is 47.5 Å². The molecule has 32 heavy (non-hydrogen) atoms. The van der Waals surface area contributed by atoms with Crippen molar-refractivity contribution in [2.24, 2.45) is 20.2 Å². The molecule has 0 saturated heterocycles. The summed E-state index contributed by atoms with van der Waals surface area (Å²) < 4.78 is 0. The van der Waals surface area contributed by atoms with Crippen molar-refractivity contribution >= 4 is 45.8 Å². The Labute approximate surface area is 188 Å². The molecule has 8 heteroatoms. The zero-order valence-electron chi connectivity index (χ0n) is 18.8. The molecule has 0 aliphatic carbocycles. The third kappa shape index (κ3) is 8.06. The average molecular weight is 433 g/mol. The van der Waals surface area contributed by atoms with Gasteiger partial charge in [-0.2, -0.15) is 10.2 Å². The summed E-state index contributed by atoms with van der Waals surface area (Å²) in [5.74, 6) is -0.375. The first kappa shape index (κ1) is 24.3. The lowest BCUT2D eigenvalue weighted by atomic mass is 10.2. The van der Waals surface area contributed by atoms with Crippen LogP contribution in [0, 0.1) is 0 Å². The molecule has 0 heterocycles. The number of para-hydroxylation sites is 2. The van der Waals surface area contributed by atoms with E-state index in [2.05, 4.69) is 31.0 Å². The number of anilines is 2. The Hall–Kier alpha value is -3.94. The zero-order valence-corrected chi connectivity index (χ0v) is 18.8. The molecule has 0 bridgehead atoms. The van der Waals surface area contributed by atoms with E-state index in [4.69, 9.17) is 0 Å². The zero-order chi connectivity index (χ0) is 23.3. The number of rotatable bonds is 11. The predicted octanol–water partition coefficient (Wildman–Crippen LogP) is 4.02. The molecule has 0 spiro atoms. The van der Waals surface area contributed by atoms with E-state index in [1.165, 1.54) is 13.8 Å². The van der Waals surface area contributed by atoms with Gasteiger partial charge in [0.25, 0.3) is 0 Å². The fraction of sp³-hybridized carbons (Fsp3) is 0.250. The molecule has 2 rings (SSSR count). The number of ketones is 2. The van der Waals surface area contributed by atoms with E-state index in [0.717, 1.165) is 11.4 Å². The van der Waals surface area contributed by atoms with Gasteiger partial charge in [-0.25, -0.2) is 0 Å². The maximum absolute atomic E-state index is 12.0. The quantitative estimate of drug-likeness (QED) is 0.318. The van der Waals surface area contributed by atoms with Gasteiger partial charge in [0.05, 0.1) is 35.9 Å². The number of hydrogen-bond acceptors (Lipinski definition) is 8. The highest BCUT2D eigenvalue weighted by Gasteiger charge is 2.11. The highest BCUT2D eigenvalue weighted by Crippen LogP contribution is 2.06. The van der Waals surface area contributed by atoms with Gasteiger partial charge in [-0.1, -0.05) is 36.4 Å². The fourth-order valence-corrected chi connectivity index (χ4v) is 2.68. The van der Waals surface area contributed by atoms with Gasteiger partial charge in [0.1, 0.15) is 11.4 Å². The van der Waals surface area contributed by atoms with Crippen LogP contribution in [0.4, 0.5) is 11.4 Å². The molecule has 0 amide bonds. The van der Waals surface area contributed by atoms with Crippen molar-refractivity contribution in [2.75, 3.05) is 23.9 Å². The summed E-state index contributed by atoms with van der Waals surface area (Å²) in [6.07, 6.45) is 0. The molecule has 0 radical (unpaired) electrons. The average Bonchev–Trinajstić information content (AvgIpc) is 2.78. The third-order valence-corrected chi connectivity index (χ3v) is 4.29. The first-order valence-electron chi connectivity index (χ1n) is 10.2. The summed E-state index contributed by atoms with van der Waals surface area (Å²) >= 11 is 0. The summed E-state index contributed by atoms with van der Waals surface area (Å²) in [4.78, 5) is 32.7. The highest BCUT2D eigenvalue weighted by atomic mass is 16.1. The van der Waals surface area contributed by atoms with Crippen molar-refractivity contribution in [1.29, 1.82) is 0 Å². The second kappa shape index (κ2) is 12.7. The first-order valence-corrected chi connectivity index (χ1v) is 10.2. The van der Waals surface area contributed by atoms with E-state index in [-0.39, 0.29) is 23.0 Å². The highest BCUT2D eigenvalue weighted by molar-refractivity contribution is 6.67. The number of aliphatic imine (C=N–C) groups is 2. The molecule has 0 aliphatic heterocycles. The Bertz CT molecular complexity index is 955. The van der Waals surface area contributed by atoms with E-state index in [9.17, 15) is 9.59 Å². The van der Waals surface area contributed by atoms with Crippen LogP contribution in [0.25, 0.3) is 0 Å². The van der Waals surface area contributed by atoms with E-state index < -0.39 is 0 Å². The summed E-state index contributed by atoms with van der Waals surface area (Å²) in [5, 5.41) is 8.38. The standard InChI is InChI=1S/C24H28N6O2/c1-17(23(19(3)31)29-27-21-11-7-5-8-12-21)25-15-16-26-18(2)24(20(4)32)30-28-22-13-9-6-10-14-22/h5-14,27-28H,15-16H2,1-4H3/b25-17?,26-18?,29-23+,30-24+. The minimum atomic E-state index is -0.188. The number of nitrogens with zero attached hydrogens (tertiary/aromatic N) is 4. The van der Waals surface area contributed by atoms with Gasteiger partial charge in [-0.15, -0.1) is 0 Å².